The molecule has 0 bridgehead atoms. The Morgan fingerprint density at radius 1 is 0.929 bits per heavy atom. The smallest absolute Gasteiger partial charge is 0.161 e. The van der Waals surface area contributed by atoms with Gasteiger partial charge in [-0.05, 0) is 36.8 Å². The summed E-state index contributed by atoms with van der Waals surface area (Å²) in [6.45, 7) is 3.52. The largest absolute Gasteiger partial charge is 0.490 e. The van der Waals surface area contributed by atoms with Crippen molar-refractivity contribution in [2.75, 3.05) is 6.61 Å². The second kappa shape index (κ2) is 10.1. The minimum absolute atomic E-state index is 0.371. The van der Waals surface area contributed by atoms with Crippen LogP contribution in [-0.2, 0) is 13.2 Å². The van der Waals surface area contributed by atoms with Crippen molar-refractivity contribution in [1.82, 2.24) is 5.32 Å². The van der Waals surface area contributed by atoms with E-state index in [0.29, 0.717) is 41.3 Å². The molecule has 0 spiro atoms. The molecule has 3 aromatic carbocycles. The first-order chi connectivity index (χ1) is 13.7. The fourth-order valence-electron chi connectivity index (χ4n) is 2.69. The van der Waals surface area contributed by atoms with E-state index in [1.165, 1.54) is 5.56 Å². The van der Waals surface area contributed by atoms with Crippen LogP contribution in [-0.4, -0.2) is 11.6 Å². The summed E-state index contributed by atoms with van der Waals surface area (Å²) in [4.78, 5) is 0.669. The van der Waals surface area contributed by atoms with E-state index in [1.54, 1.807) is 0 Å². The van der Waals surface area contributed by atoms with Crippen LogP contribution in [0.3, 0.4) is 0 Å². The zero-order chi connectivity index (χ0) is 19.8. The van der Waals surface area contributed by atoms with Crippen LogP contribution >= 0.6 is 23.8 Å². The summed E-state index contributed by atoms with van der Waals surface area (Å²) in [6.07, 6.45) is 0. The van der Waals surface area contributed by atoms with E-state index < -0.39 is 0 Å². The molecule has 0 amide bonds. The van der Waals surface area contributed by atoms with Crippen LogP contribution in [0.2, 0.25) is 5.02 Å². The lowest BCUT2D eigenvalue weighted by Gasteiger charge is -2.15. The molecule has 3 rings (SSSR count). The second-order valence-corrected chi connectivity index (χ2v) is 6.96. The number of nitrogens with one attached hydrogen (secondary N) is 1. The van der Waals surface area contributed by atoms with Gasteiger partial charge in [-0.1, -0.05) is 72.3 Å². The first-order valence-electron chi connectivity index (χ1n) is 9.12. The Bertz CT molecular complexity index is 931. The number of rotatable bonds is 8. The Balaban J connectivity index is 1.69. The van der Waals surface area contributed by atoms with Crippen LogP contribution in [0.5, 0.6) is 11.5 Å². The quantitative estimate of drug-likeness (QED) is 0.476. The minimum Gasteiger partial charge on any atom is -0.490 e. The van der Waals surface area contributed by atoms with Crippen LogP contribution < -0.4 is 14.8 Å². The van der Waals surface area contributed by atoms with Crippen LogP contribution in [0.4, 0.5) is 0 Å². The summed E-state index contributed by atoms with van der Waals surface area (Å²) in [5.41, 5.74) is 2.99. The van der Waals surface area contributed by atoms with Gasteiger partial charge in [0, 0.05) is 22.7 Å². The Labute approximate surface area is 176 Å². The molecule has 0 aliphatic rings. The third kappa shape index (κ3) is 5.47. The molecule has 1 N–H and O–H groups in total. The van der Waals surface area contributed by atoms with Crippen LogP contribution in [0.15, 0.2) is 72.8 Å². The summed E-state index contributed by atoms with van der Waals surface area (Å²) in [6, 6.07) is 23.5. The van der Waals surface area contributed by atoms with E-state index >= 15 is 0 Å². The van der Waals surface area contributed by atoms with E-state index in [0.717, 1.165) is 11.1 Å². The van der Waals surface area contributed by atoms with Gasteiger partial charge < -0.3 is 14.8 Å². The minimum atomic E-state index is 0.371. The number of halogens is 1. The Hall–Kier alpha value is -2.56. The molecule has 0 aliphatic heterocycles. The number of ether oxygens (including phenoxy) is 2. The van der Waals surface area contributed by atoms with E-state index in [4.69, 9.17) is 33.3 Å². The SMILES string of the molecule is CCOc1cc(C(=S)NCc2ccccc2)ccc1OCc1ccccc1Cl. The van der Waals surface area contributed by atoms with Crippen LogP contribution in [0.25, 0.3) is 0 Å². The molecule has 0 saturated carbocycles. The van der Waals surface area contributed by atoms with Gasteiger partial charge in [0.1, 0.15) is 11.6 Å². The van der Waals surface area contributed by atoms with Gasteiger partial charge in [0.25, 0.3) is 0 Å². The standard InChI is InChI=1S/C23H22ClNO2S/c1-2-26-22-14-18(23(28)25-15-17-8-4-3-5-9-17)12-13-21(22)27-16-19-10-6-7-11-20(19)24/h3-14H,2,15-16H2,1H3,(H,25,28). The maximum absolute atomic E-state index is 6.21. The maximum Gasteiger partial charge on any atom is 0.161 e. The van der Waals surface area contributed by atoms with Gasteiger partial charge in [-0.2, -0.15) is 0 Å². The molecule has 0 aliphatic carbocycles. The highest BCUT2D eigenvalue weighted by Crippen LogP contribution is 2.30. The first-order valence-corrected chi connectivity index (χ1v) is 9.91. The molecule has 5 heteroatoms. The molecule has 0 aromatic heterocycles. The normalized spacial score (nSPS) is 10.4. The molecule has 0 heterocycles. The summed E-state index contributed by atoms with van der Waals surface area (Å²) in [7, 11) is 0. The predicted molar refractivity (Wildman–Crippen MR) is 118 cm³/mol. The van der Waals surface area contributed by atoms with Crippen molar-refractivity contribution in [2.45, 2.75) is 20.1 Å². The third-order valence-corrected chi connectivity index (χ3v) is 4.89. The maximum atomic E-state index is 6.21. The van der Waals surface area contributed by atoms with Gasteiger partial charge >= 0.3 is 0 Å². The van der Waals surface area contributed by atoms with Gasteiger partial charge in [0.2, 0.25) is 0 Å². The third-order valence-electron chi connectivity index (χ3n) is 4.14. The van der Waals surface area contributed by atoms with Crippen LogP contribution in [0.1, 0.15) is 23.6 Å². The average Bonchev–Trinajstić information content (AvgIpc) is 2.73. The molecular weight excluding hydrogens is 390 g/mol. The molecule has 0 fully saturated rings. The van der Waals surface area contributed by atoms with Crippen molar-refractivity contribution in [3.05, 3.63) is 94.5 Å². The van der Waals surface area contributed by atoms with E-state index in [-0.39, 0.29) is 0 Å². The summed E-state index contributed by atoms with van der Waals surface area (Å²) in [5, 5.41) is 3.97. The van der Waals surface area contributed by atoms with Crippen molar-refractivity contribution in [3.8, 4) is 11.5 Å². The number of thiocarbonyl (C=S) groups is 1. The zero-order valence-electron chi connectivity index (χ0n) is 15.7. The van der Waals surface area contributed by atoms with Gasteiger partial charge in [-0.25, -0.2) is 0 Å². The fraction of sp³-hybridized carbons (Fsp3) is 0.174. The van der Waals surface area contributed by atoms with Gasteiger partial charge in [-0.3, -0.25) is 0 Å². The number of hydrogen-bond donors (Lipinski definition) is 1. The van der Waals surface area contributed by atoms with Crippen LogP contribution in [0, 0.1) is 0 Å². The Morgan fingerprint density at radius 2 is 1.68 bits per heavy atom. The lowest BCUT2D eigenvalue weighted by Crippen LogP contribution is -2.21. The summed E-state index contributed by atoms with van der Waals surface area (Å²) >= 11 is 11.7. The lowest BCUT2D eigenvalue weighted by atomic mass is 10.1. The monoisotopic (exact) mass is 411 g/mol. The zero-order valence-corrected chi connectivity index (χ0v) is 17.2. The molecule has 28 heavy (non-hydrogen) atoms. The lowest BCUT2D eigenvalue weighted by molar-refractivity contribution is 0.269. The topological polar surface area (TPSA) is 30.5 Å². The highest BCUT2D eigenvalue weighted by molar-refractivity contribution is 7.80. The highest BCUT2D eigenvalue weighted by atomic mass is 35.5. The van der Waals surface area contributed by atoms with E-state index in [1.807, 2.05) is 67.6 Å². The fourth-order valence-corrected chi connectivity index (χ4v) is 3.08. The molecule has 0 radical (unpaired) electrons. The molecule has 0 atom stereocenters. The average molecular weight is 412 g/mol. The molecular formula is C23H22ClNO2S. The van der Waals surface area contributed by atoms with E-state index in [2.05, 4.69) is 17.4 Å². The molecule has 3 aromatic rings. The second-order valence-electron chi connectivity index (χ2n) is 6.14. The van der Waals surface area contributed by atoms with Gasteiger partial charge in [-0.15, -0.1) is 0 Å². The molecule has 3 nitrogen and oxygen atoms in total. The molecule has 0 unspecified atom stereocenters. The number of hydrogen-bond acceptors (Lipinski definition) is 3. The highest BCUT2D eigenvalue weighted by Gasteiger charge is 2.10. The van der Waals surface area contributed by atoms with Crippen molar-refractivity contribution >= 4 is 28.8 Å². The van der Waals surface area contributed by atoms with E-state index in [9.17, 15) is 0 Å². The van der Waals surface area contributed by atoms with Crippen molar-refractivity contribution in [2.24, 2.45) is 0 Å². The van der Waals surface area contributed by atoms with Crippen molar-refractivity contribution in [1.29, 1.82) is 0 Å². The van der Waals surface area contributed by atoms with Crippen molar-refractivity contribution in [3.63, 3.8) is 0 Å². The Kier molecular flexibility index (Phi) is 7.29. The first kappa shape index (κ1) is 20.2. The summed E-state index contributed by atoms with van der Waals surface area (Å²) in [5.74, 6) is 1.33. The van der Waals surface area contributed by atoms with Gasteiger partial charge in [0.05, 0.1) is 6.61 Å². The van der Waals surface area contributed by atoms with Crippen molar-refractivity contribution < 1.29 is 9.47 Å². The summed E-state index contributed by atoms with van der Waals surface area (Å²) < 4.78 is 11.7. The molecule has 0 saturated heterocycles. The number of benzene rings is 3. The Morgan fingerprint density at radius 3 is 2.43 bits per heavy atom. The predicted octanol–water partition coefficient (Wildman–Crippen LogP) is 5.78. The molecule has 144 valence electrons. The van der Waals surface area contributed by atoms with Gasteiger partial charge in [0.15, 0.2) is 11.5 Å².